The lowest BCUT2D eigenvalue weighted by molar-refractivity contribution is -0.384. The van der Waals surface area contributed by atoms with Gasteiger partial charge in [0.15, 0.2) is 5.69 Å². The molecule has 1 heterocycles. The van der Waals surface area contributed by atoms with Crippen molar-refractivity contribution >= 4 is 37.0 Å². The molecule has 0 unspecified atom stereocenters. The number of nitrogens with two attached hydrogens (primary N) is 1. The van der Waals surface area contributed by atoms with Gasteiger partial charge in [-0.2, -0.15) is 5.10 Å². The molecule has 2 N–H and O–H groups in total. The summed E-state index contributed by atoms with van der Waals surface area (Å²) < 4.78 is 25.5. The lowest BCUT2D eigenvalue weighted by Gasteiger charge is -2.16. The van der Waals surface area contributed by atoms with E-state index in [0.29, 0.717) is 6.61 Å². The van der Waals surface area contributed by atoms with Crippen LogP contribution in [0, 0.1) is 15.9 Å². The Morgan fingerprint density at radius 3 is 2.62 bits per heavy atom. The van der Waals surface area contributed by atoms with Gasteiger partial charge in [0.1, 0.15) is 12.5 Å². The molecular weight excluding hydrogens is 423 g/mol. The second-order valence-corrected chi connectivity index (χ2v) is 13.5. The van der Waals surface area contributed by atoms with E-state index in [2.05, 4.69) is 29.5 Å². The van der Waals surface area contributed by atoms with Gasteiger partial charge in [0.05, 0.1) is 17.6 Å². The highest BCUT2D eigenvalue weighted by molar-refractivity contribution is 6.76. The van der Waals surface area contributed by atoms with Crippen molar-refractivity contribution in [3.63, 3.8) is 0 Å². The van der Waals surface area contributed by atoms with Crippen molar-refractivity contribution in [2.24, 2.45) is 0 Å². The Morgan fingerprint density at radius 2 is 2.07 bits per heavy atom. The molecule has 0 spiro atoms. The van der Waals surface area contributed by atoms with Crippen LogP contribution in [-0.2, 0) is 16.2 Å². The zero-order chi connectivity index (χ0) is 21.9. The van der Waals surface area contributed by atoms with Crippen molar-refractivity contribution in [3.8, 4) is 11.3 Å². The smallest absolute Gasteiger partial charge is 0.340 e. The van der Waals surface area contributed by atoms with Gasteiger partial charge in [-0.05, 0) is 18.2 Å². The number of methoxy groups -OCH3 is 1. The molecule has 0 bridgehead atoms. The normalized spacial score (nSPS) is 11.5. The zero-order valence-corrected chi connectivity index (χ0v) is 18.2. The number of esters is 1. The molecule has 12 heteroatoms. The third-order valence-electron chi connectivity index (χ3n) is 4.08. The highest BCUT2D eigenvalue weighted by Gasteiger charge is 2.31. The number of benzene rings is 1. The van der Waals surface area contributed by atoms with Crippen LogP contribution in [0.25, 0.3) is 11.3 Å². The van der Waals surface area contributed by atoms with E-state index in [1.54, 1.807) is 0 Å². The number of carbonyl (C=O) groups excluding carboxylic acids is 1. The minimum atomic E-state index is -1.34. The lowest BCUT2D eigenvalue weighted by Crippen LogP contribution is -2.22. The fourth-order valence-electron chi connectivity index (χ4n) is 2.53. The van der Waals surface area contributed by atoms with Crippen LogP contribution < -0.4 is 5.73 Å². The molecule has 1 aromatic carbocycles. The third-order valence-corrected chi connectivity index (χ3v) is 6.04. The Kier molecular flexibility index (Phi) is 6.98. The Labute approximate surface area is 172 Å². The van der Waals surface area contributed by atoms with Crippen molar-refractivity contribution in [1.82, 2.24) is 9.78 Å². The van der Waals surface area contributed by atoms with E-state index in [-0.39, 0.29) is 28.8 Å². The summed E-state index contributed by atoms with van der Waals surface area (Å²) in [6.45, 7) is 6.87. The molecule has 0 fully saturated rings. The van der Waals surface area contributed by atoms with Crippen molar-refractivity contribution in [2.75, 3.05) is 19.5 Å². The van der Waals surface area contributed by atoms with E-state index in [1.807, 2.05) is 0 Å². The summed E-state index contributed by atoms with van der Waals surface area (Å²) in [6.07, 6.45) is 0. The largest absolute Gasteiger partial charge is 0.465 e. The number of hydrogen-bond acceptors (Lipinski definition) is 7. The molecule has 0 atom stereocenters. The van der Waals surface area contributed by atoms with Crippen LogP contribution in [0.2, 0.25) is 30.8 Å². The maximum absolute atomic E-state index is 14.1. The van der Waals surface area contributed by atoms with Crippen LogP contribution in [0.5, 0.6) is 0 Å². The summed E-state index contributed by atoms with van der Waals surface area (Å²) >= 11 is 5.96. The molecule has 0 aliphatic heterocycles. The molecule has 0 saturated carbocycles. The third kappa shape index (κ3) is 5.31. The van der Waals surface area contributed by atoms with Crippen molar-refractivity contribution in [3.05, 3.63) is 38.8 Å². The van der Waals surface area contributed by atoms with E-state index >= 15 is 0 Å². The molecule has 158 valence electrons. The average molecular weight is 445 g/mol. The Morgan fingerprint density at radius 1 is 1.41 bits per heavy atom. The maximum Gasteiger partial charge on any atom is 0.340 e. The summed E-state index contributed by atoms with van der Waals surface area (Å²) in [5, 5.41) is 15.2. The number of aromatic nitrogens is 2. The minimum absolute atomic E-state index is 0.0201. The highest BCUT2D eigenvalue weighted by atomic mass is 35.5. The fourth-order valence-corrected chi connectivity index (χ4v) is 3.54. The summed E-state index contributed by atoms with van der Waals surface area (Å²) in [5.74, 6) is -1.86. The van der Waals surface area contributed by atoms with Crippen LogP contribution in [0.1, 0.15) is 10.4 Å². The number of nitrogen functional groups attached to an aromatic ring is 1. The quantitative estimate of drug-likeness (QED) is 0.163. The summed E-state index contributed by atoms with van der Waals surface area (Å²) in [6, 6.07) is 2.85. The Hall–Kier alpha value is -2.50. The van der Waals surface area contributed by atoms with E-state index in [4.69, 9.17) is 22.1 Å². The van der Waals surface area contributed by atoms with Gasteiger partial charge in [0.25, 0.3) is 0 Å². The monoisotopic (exact) mass is 444 g/mol. The fraction of sp³-hybridized carbons (Fsp3) is 0.412. The van der Waals surface area contributed by atoms with Crippen LogP contribution in [-0.4, -0.2) is 42.5 Å². The molecule has 9 nitrogen and oxygen atoms in total. The number of hydrogen-bond donors (Lipinski definition) is 1. The van der Waals surface area contributed by atoms with Crippen LogP contribution in [0.4, 0.5) is 15.8 Å². The first kappa shape index (κ1) is 22.8. The van der Waals surface area contributed by atoms with Crippen molar-refractivity contribution < 1.29 is 23.6 Å². The first-order chi connectivity index (χ1) is 13.5. The van der Waals surface area contributed by atoms with Crippen LogP contribution in [0.3, 0.4) is 0 Å². The molecule has 0 aliphatic rings. The predicted molar refractivity (Wildman–Crippen MR) is 109 cm³/mol. The number of anilines is 1. The minimum Gasteiger partial charge on any atom is -0.465 e. The molecule has 0 aliphatic carbocycles. The molecular formula is C17H22ClFN4O5Si. The van der Waals surface area contributed by atoms with Gasteiger partial charge >= 0.3 is 11.7 Å². The van der Waals surface area contributed by atoms with Gasteiger partial charge in [0, 0.05) is 25.9 Å². The predicted octanol–water partition coefficient (Wildman–Crippen LogP) is 3.93. The number of halogens is 2. The van der Waals surface area contributed by atoms with E-state index in [9.17, 15) is 19.3 Å². The highest BCUT2D eigenvalue weighted by Crippen LogP contribution is 2.39. The number of carbonyl (C=O) groups is 1. The summed E-state index contributed by atoms with van der Waals surface area (Å²) in [7, 11) is -0.247. The van der Waals surface area contributed by atoms with Gasteiger partial charge in [-0.3, -0.25) is 10.1 Å². The van der Waals surface area contributed by atoms with Gasteiger partial charge < -0.3 is 15.2 Å². The average Bonchev–Trinajstić information content (AvgIpc) is 2.93. The van der Waals surface area contributed by atoms with E-state index in [0.717, 1.165) is 25.3 Å². The number of ether oxygens (including phenoxy) is 2. The van der Waals surface area contributed by atoms with Gasteiger partial charge in [-0.25, -0.2) is 13.9 Å². The molecule has 2 aromatic rings. The maximum atomic E-state index is 14.1. The first-order valence-electron chi connectivity index (χ1n) is 8.62. The second kappa shape index (κ2) is 8.89. The number of rotatable bonds is 8. The molecule has 29 heavy (non-hydrogen) atoms. The number of nitrogens with zero attached hydrogens (tertiary/aromatic N) is 3. The van der Waals surface area contributed by atoms with E-state index < -0.39 is 36.0 Å². The van der Waals surface area contributed by atoms with Crippen molar-refractivity contribution in [1.29, 1.82) is 0 Å². The summed E-state index contributed by atoms with van der Waals surface area (Å²) in [4.78, 5) is 22.7. The second-order valence-electron chi connectivity index (χ2n) is 7.50. The van der Waals surface area contributed by atoms with Crippen LogP contribution in [0.15, 0.2) is 12.1 Å². The SMILES string of the molecule is COC(=O)c1cc(-c2c([N+](=O)[O-])c(Cl)nn2COCC[Si](C)(C)C)c(N)cc1F. The lowest BCUT2D eigenvalue weighted by atomic mass is 10.0. The van der Waals surface area contributed by atoms with Gasteiger partial charge in [-0.1, -0.05) is 31.2 Å². The Bertz CT molecular complexity index is 945. The molecule has 0 amide bonds. The molecule has 0 radical (unpaired) electrons. The molecule has 0 saturated heterocycles. The summed E-state index contributed by atoms with van der Waals surface area (Å²) in [5.41, 5.74) is 4.75. The van der Waals surface area contributed by atoms with Gasteiger partial charge in [0.2, 0.25) is 5.15 Å². The van der Waals surface area contributed by atoms with Crippen LogP contribution >= 0.6 is 11.6 Å². The molecule has 2 rings (SSSR count). The van der Waals surface area contributed by atoms with E-state index in [1.165, 1.54) is 4.68 Å². The molecule has 1 aromatic heterocycles. The topological polar surface area (TPSA) is 123 Å². The first-order valence-corrected chi connectivity index (χ1v) is 12.7. The van der Waals surface area contributed by atoms with Gasteiger partial charge in [-0.15, -0.1) is 0 Å². The zero-order valence-electron chi connectivity index (χ0n) is 16.5. The van der Waals surface area contributed by atoms with Crippen molar-refractivity contribution in [2.45, 2.75) is 32.4 Å². The Balaban J connectivity index is 2.53. The number of nitro groups is 1. The standard InChI is InChI=1S/C17H22ClFN4O5Si/c1-27-17(24)10-7-11(13(20)8-12(10)19)14-15(23(25)26)16(18)21-22(14)9-28-5-6-29(2,3)4/h7-8H,5-6,9,20H2,1-4H3.